The molecule has 0 saturated carbocycles. The van der Waals surface area contributed by atoms with E-state index in [-0.39, 0.29) is 24.4 Å². The van der Waals surface area contributed by atoms with Crippen LogP contribution in [0.3, 0.4) is 0 Å². The molecule has 0 bridgehead atoms. The van der Waals surface area contributed by atoms with Crippen molar-refractivity contribution in [3.8, 4) is 5.75 Å². The molecule has 0 aliphatic carbocycles. The maximum atomic E-state index is 12.3. The molecule has 1 aromatic heterocycles. The lowest BCUT2D eigenvalue weighted by Crippen LogP contribution is -2.36. The molecule has 0 unspecified atom stereocenters. The number of rotatable bonds is 2. The van der Waals surface area contributed by atoms with Crippen molar-refractivity contribution in [3.63, 3.8) is 0 Å². The third kappa shape index (κ3) is 2.40. The molecule has 106 valence electrons. The van der Waals surface area contributed by atoms with Crippen LogP contribution in [0.1, 0.15) is 10.4 Å². The number of hydrogen-bond donors (Lipinski definition) is 1. The number of anilines is 2. The van der Waals surface area contributed by atoms with E-state index < -0.39 is 0 Å². The summed E-state index contributed by atoms with van der Waals surface area (Å²) < 4.78 is 5.40. The molecule has 7 heteroatoms. The minimum atomic E-state index is -0.388. The van der Waals surface area contributed by atoms with Gasteiger partial charge in [0.15, 0.2) is 12.4 Å². The highest BCUT2D eigenvalue weighted by Crippen LogP contribution is 2.34. The molecular weight excluding hydrogens is 272 g/mol. The Morgan fingerprint density at radius 1 is 1.29 bits per heavy atom. The molecular formula is C14H12N4O3. The van der Waals surface area contributed by atoms with Crippen LogP contribution in [0.15, 0.2) is 36.7 Å². The van der Waals surface area contributed by atoms with E-state index in [2.05, 4.69) is 15.3 Å². The zero-order valence-corrected chi connectivity index (χ0v) is 11.2. The molecule has 1 aromatic carbocycles. The second kappa shape index (κ2) is 5.20. The van der Waals surface area contributed by atoms with Gasteiger partial charge in [-0.05, 0) is 18.2 Å². The molecule has 1 N–H and O–H groups in total. The standard InChI is InChI=1S/C14H12N4O3/c1-18-10-5-2-4-9(12(10)21-8-11(18)19)13(20)17-14-15-6-3-7-16-14/h2-7H,8H2,1H3,(H,15,16,17,20). The molecule has 0 spiro atoms. The van der Waals surface area contributed by atoms with Crippen LogP contribution in [0.25, 0.3) is 0 Å². The third-order valence-electron chi connectivity index (χ3n) is 3.11. The number of ether oxygens (including phenoxy) is 1. The van der Waals surface area contributed by atoms with Crippen LogP contribution in [0.5, 0.6) is 5.75 Å². The average molecular weight is 284 g/mol. The molecule has 2 aromatic rings. The number of likely N-dealkylation sites (N-methyl/N-ethyl adjacent to an activating group) is 1. The highest BCUT2D eigenvalue weighted by molar-refractivity contribution is 6.08. The van der Waals surface area contributed by atoms with Gasteiger partial charge in [-0.25, -0.2) is 9.97 Å². The molecule has 7 nitrogen and oxygen atoms in total. The first-order valence-corrected chi connectivity index (χ1v) is 6.27. The SMILES string of the molecule is CN1C(=O)COc2c(C(=O)Nc3ncccn3)cccc21. The minimum Gasteiger partial charge on any atom is -0.481 e. The van der Waals surface area contributed by atoms with Crippen LogP contribution in [0.2, 0.25) is 0 Å². The number of fused-ring (bicyclic) bond motifs is 1. The van der Waals surface area contributed by atoms with Crippen molar-refractivity contribution in [2.24, 2.45) is 0 Å². The van der Waals surface area contributed by atoms with E-state index in [4.69, 9.17) is 4.74 Å². The highest BCUT2D eigenvalue weighted by atomic mass is 16.5. The van der Waals surface area contributed by atoms with Gasteiger partial charge < -0.3 is 9.64 Å². The van der Waals surface area contributed by atoms with Gasteiger partial charge in [-0.1, -0.05) is 6.07 Å². The van der Waals surface area contributed by atoms with Crippen LogP contribution in [0.4, 0.5) is 11.6 Å². The zero-order valence-electron chi connectivity index (χ0n) is 11.2. The lowest BCUT2D eigenvalue weighted by atomic mass is 10.1. The number of nitrogens with zero attached hydrogens (tertiary/aromatic N) is 3. The monoisotopic (exact) mass is 284 g/mol. The van der Waals surface area contributed by atoms with Gasteiger partial charge in [0, 0.05) is 19.4 Å². The Hall–Kier alpha value is -2.96. The maximum Gasteiger partial charge on any atom is 0.264 e. The molecule has 3 rings (SSSR count). The van der Waals surface area contributed by atoms with Gasteiger partial charge in [-0.3, -0.25) is 14.9 Å². The molecule has 0 atom stereocenters. The largest absolute Gasteiger partial charge is 0.481 e. The predicted octanol–water partition coefficient (Wildman–Crippen LogP) is 1.08. The normalized spacial score (nSPS) is 13.4. The maximum absolute atomic E-state index is 12.3. The van der Waals surface area contributed by atoms with Gasteiger partial charge in [-0.15, -0.1) is 0 Å². The summed E-state index contributed by atoms with van der Waals surface area (Å²) in [5.74, 6) is 0.0422. The molecule has 21 heavy (non-hydrogen) atoms. The quantitative estimate of drug-likeness (QED) is 0.892. The number of nitrogens with one attached hydrogen (secondary N) is 1. The van der Waals surface area contributed by atoms with Crippen molar-refractivity contribution in [2.45, 2.75) is 0 Å². The van der Waals surface area contributed by atoms with Crippen LogP contribution in [0, 0.1) is 0 Å². The second-order valence-corrected chi connectivity index (χ2v) is 4.42. The summed E-state index contributed by atoms with van der Waals surface area (Å²) in [6.45, 7) is -0.0877. The van der Waals surface area contributed by atoms with Crippen LogP contribution >= 0.6 is 0 Å². The fraction of sp³-hybridized carbons (Fsp3) is 0.143. The van der Waals surface area contributed by atoms with E-state index in [9.17, 15) is 9.59 Å². The first-order valence-electron chi connectivity index (χ1n) is 6.27. The van der Waals surface area contributed by atoms with Crippen LogP contribution in [-0.4, -0.2) is 35.4 Å². The lowest BCUT2D eigenvalue weighted by molar-refractivity contribution is -0.121. The van der Waals surface area contributed by atoms with Crippen molar-refractivity contribution in [3.05, 3.63) is 42.2 Å². The summed E-state index contributed by atoms with van der Waals surface area (Å²) >= 11 is 0. The Morgan fingerprint density at radius 3 is 2.81 bits per heavy atom. The number of hydrogen-bond acceptors (Lipinski definition) is 5. The molecule has 0 radical (unpaired) electrons. The first kappa shape index (κ1) is 13.0. The van der Waals surface area contributed by atoms with Crippen molar-refractivity contribution < 1.29 is 14.3 Å². The average Bonchev–Trinajstić information content (AvgIpc) is 2.51. The van der Waals surface area contributed by atoms with Gasteiger partial charge >= 0.3 is 0 Å². The van der Waals surface area contributed by atoms with Gasteiger partial charge in [0.25, 0.3) is 11.8 Å². The van der Waals surface area contributed by atoms with Gasteiger partial charge in [-0.2, -0.15) is 0 Å². The van der Waals surface area contributed by atoms with Crippen molar-refractivity contribution in [1.29, 1.82) is 0 Å². The topological polar surface area (TPSA) is 84.4 Å². The van der Waals surface area contributed by atoms with Gasteiger partial charge in [0.1, 0.15) is 0 Å². The number of aromatic nitrogens is 2. The number of amides is 2. The molecule has 0 fully saturated rings. The lowest BCUT2D eigenvalue weighted by Gasteiger charge is -2.27. The molecule has 0 saturated heterocycles. The summed E-state index contributed by atoms with van der Waals surface area (Å²) in [4.78, 5) is 33.2. The van der Waals surface area contributed by atoms with Crippen molar-refractivity contribution in [2.75, 3.05) is 23.9 Å². The van der Waals surface area contributed by atoms with E-state index in [0.717, 1.165) is 0 Å². The summed E-state index contributed by atoms with van der Waals surface area (Å²) in [7, 11) is 1.64. The smallest absolute Gasteiger partial charge is 0.264 e. The zero-order chi connectivity index (χ0) is 14.8. The number of benzene rings is 1. The van der Waals surface area contributed by atoms with E-state index in [0.29, 0.717) is 17.0 Å². The molecule has 2 heterocycles. The number of carbonyl (C=O) groups excluding carboxylic acids is 2. The molecule has 1 aliphatic rings. The van der Waals surface area contributed by atoms with Crippen LogP contribution < -0.4 is 15.0 Å². The van der Waals surface area contributed by atoms with E-state index in [1.54, 1.807) is 31.3 Å². The molecule has 1 aliphatic heterocycles. The fourth-order valence-corrected chi connectivity index (χ4v) is 2.02. The number of carbonyl (C=O) groups is 2. The van der Waals surface area contributed by atoms with E-state index in [1.807, 2.05) is 0 Å². The molecule has 2 amide bonds. The second-order valence-electron chi connectivity index (χ2n) is 4.42. The van der Waals surface area contributed by atoms with E-state index in [1.165, 1.54) is 17.3 Å². The number of para-hydroxylation sites is 1. The van der Waals surface area contributed by atoms with Gasteiger partial charge in [0.2, 0.25) is 5.95 Å². The Labute approximate surface area is 120 Å². The Morgan fingerprint density at radius 2 is 2.05 bits per heavy atom. The summed E-state index contributed by atoms with van der Waals surface area (Å²) in [6, 6.07) is 6.70. The van der Waals surface area contributed by atoms with Crippen molar-refractivity contribution in [1.82, 2.24) is 9.97 Å². The van der Waals surface area contributed by atoms with E-state index >= 15 is 0 Å². The van der Waals surface area contributed by atoms with Gasteiger partial charge in [0.05, 0.1) is 11.3 Å². The Balaban J connectivity index is 1.93. The predicted molar refractivity (Wildman–Crippen MR) is 75.3 cm³/mol. The Bertz CT molecular complexity index is 703. The first-order chi connectivity index (χ1) is 10.2. The summed E-state index contributed by atoms with van der Waals surface area (Å²) in [6.07, 6.45) is 3.07. The fourth-order valence-electron chi connectivity index (χ4n) is 2.02. The summed E-state index contributed by atoms with van der Waals surface area (Å²) in [5.41, 5.74) is 0.896. The highest BCUT2D eigenvalue weighted by Gasteiger charge is 2.26. The van der Waals surface area contributed by atoms with Crippen LogP contribution in [-0.2, 0) is 4.79 Å². The Kier molecular flexibility index (Phi) is 3.23. The minimum absolute atomic E-state index is 0.0877. The third-order valence-corrected chi connectivity index (χ3v) is 3.11. The van der Waals surface area contributed by atoms with Crippen molar-refractivity contribution >= 4 is 23.5 Å². The summed E-state index contributed by atoms with van der Waals surface area (Å²) in [5, 5.41) is 2.59.